The Labute approximate surface area is 136 Å². The number of Topliss-reactive ketones (excluding diaryl/α,β-unsaturated/α-hetero) is 1. The molecule has 0 aliphatic rings. The van der Waals surface area contributed by atoms with Crippen LogP contribution in [0.25, 0.3) is 0 Å². The van der Waals surface area contributed by atoms with Crippen LogP contribution in [0.2, 0.25) is 5.02 Å². The lowest BCUT2D eigenvalue weighted by molar-refractivity contribution is -0.121. The Morgan fingerprint density at radius 2 is 1.77 bits per heavy atom. The fourth-order valence-electron chi connectivity index (χ4n) is 1.79. The Kier molecular flexibility index (Phi) is 7.04. The van der Waals surface area contributed by atoms with Gasteiger partial charge in [-0.25, -0.2) is 0 Å². The lowest BCUT2D eigenvalue weighted by Crippen LogP contribution is -2.39. The summed E-state index contributed by atoms with van der Waals surface area (Å²) in [4.78, 5) is 23.6. The molecule has 5 heteroatoms. The zero-order valence-corrected chi connectivity index (χ0v) is 14.1. The minimum absolute atomic E-state index is 0.000747. The van der Waals surface area contributed by atoms with E-state index in [2.05, 4.69) is 5.32 Å². The van der Waals surface area contributed by atoms with Gasteiger partial charge in [-0.15, -0.1) is 0 Å². The molecule has 0 aliphatic carbocycles. The van der Waals surface area contributed by atoms with Gasteiger partial charge in [0.25, 0.3) is 0 Å². The minimum Gasteiger partial charge on any atom is -0.391 e. The number of carbonyl (C=O) groups is 2. The molecule has 1 aromatic carbocycles. The van der Waals surface area contributed by atoms with Gasteiger partial charge in [-0.3, -0.25) is 9.59 Å². The molecule has 2 N–H and O–H groups in total. The summed E-state index contributed by atoms with van der Waals surface area (Å²) in [5.74, 6) is -0.147. The van der Waals surface area contributed by atoms with E-state index in [1.54, 1.807) is 24.3 Å². The van der Waals surface area contributed by atoms with Crippen LogP contribution in [0.15, 0.2) is 24.3 Å². The maximum Gasteiger partial charge on any atom is 0.220 e. The van der Waals surface area contributed by atoms with E-state index >= 15 is 0 Å². The molecule has 0 spiro atoms. The lowest BCUT2D eigenvalue weighted by Gasteiger charge is -2.25. The van der Waals surface area contributed by atoms with E-state index in [1.165, 1.54) is 0 Å². The number of carbonyl (C=O) groups excluding carboxylic acids is 2. The molecule has 0 heterocycles. The molecule has 22 heavy (non-hydrogen) atoms. The van der Waals surface area contributed by atoms with Crippen LogP contribution in [0.1, 0.15) is 50.4 Å². The number of rotatable bonds is 7. The first-order chi connectivity index (χ1) is 10.2. The van der Waals surface area contributed by atoms with Gasteiger partial charge in [-0.05, 0) is 36.1 Å². The first-order valence-electron chi connectivity index (χ1n) is 7.43. The highest BCUT2D eigenvalue weighted by molar-refractivity contribution is 6.30. The van der Waals surface area contributed by atoms with Gasteiger partial charge < -0.3 is 10.4 Å². The molecule has 0 saturated carbocycles. The van der Waals surface area contributed by atoms with Crippen molar-refractivity contribution in [2.75, 3.05) is 6.54 Å². The number of hydrogen-bond acceptors (Lipinski definition) is 3. The van der Waals surface area contributed by atoms with Gasteiger partial charge >= 0.3 is 0 Å². The first kappa shape index (κ1) is 18.7. The summed E-state index contributed by atoms with van der Waals surface area (Å²) in [5.41, 5.74) is 0.339. The number of nitrogens with one attached hydrogen (secondary N) is 1. The van der Waals surface area contributed by atoms with Gasteiger partial charge in [0.2, 0.25) is 5.91 Å². The molecule has 1 unspecified atom stereocenters. The van der Waals surface area contributed by atoms with Gasteiger partial charge in [0.1, 0.15) is 0 Å². The average molecular weight is 326 g/mol. The highest BCUT2D eigenvalue weighted by Crippen LogP contribution is 2.18. The Balaban J connectivity index is 2.27. The fraction of sp³-hybridized carbons (Fsp3) is 0.529. The summed E-state index contributed by atoms with van der Waals surface area (Å²) in [7, 11) is 0. The second-order valence-corrected chi connectivity index (χ2v) is 6.91. The van der Waals surface area contributed by atoms with E-state index in [0.717, 1.165) is 0 Å². The van der Waals surface area contributed by atoms with E-state index in [1.807, 2.05) is 20.8 Å². The number of hydrogen-bond donors (Lipinski definition) is 2. The standard InChI is InChI=1S/C17H24ClNO3/c1-17(2,3)15(21)11-19-16(22)6-4-5-14(20)12-7-9-13(18)10-8-12/h7-10,15,21H,4-6,11H2,1-3H3,(H,19,22). The number of ketones is 1. The van der Waals surface area contributed by atoms with E-state index < -0.39 is 6.10 Å². The molecule has 1 aromatic rings. The molecule has 0 fully saturated rings. The topological polar surface area (TPSA) is 66.4 Å². The van der Waals surface area contributed by atoms with Gasteiger partial charge in [0.15, 0.2) is 5.78 Å². The quantitative estimate of drug-likeness (QED) is 0.756. The van der Waals surface area contributed by atoms with Crippen LogP contribution < -0.4 is 5.32 Å². The molecule has 1 rings (SSSR count). The average Bonchev–Trinajstić information content (AvgIpc) is 2.44. The van der Waals surface area contributed by atoms with Crippen LogP contribution in [0, 0.1) is 5.41 Å². The van der Waals surface area contributed by atoms with Gasteiger partial charge in [-0.2, -0.15) is 0 Å². The van der Waals surface area contributed by atoms with E-state index in [0.29, 0.717) is 23.4 Å². The third-order valence-corrected chi connectivity index (χ3v) is 3.72. The highest BCUT2D eigenvalue weighted by atomic mass is 35.5. The van der Waals surface area contributed by atoms with Crippen molar-refractivity contribution in [1.82, 2.24) is 5.32 Å². The summed E-state index contributed by atoms with van der Waals surface area (Å²) in [6, 6.07) is 6.72. The molecular weight excluding hydrogens is 302 g/mol. The smallest absolute Gasteiger partial charge is 0.220 e. The molecule has 4 nitrogen and oxygen atoms in total. The Hall–Kier alpha value is -1.39. The van der Waals surface area contributed by atoms with Crippen molar-refractivity contribution in [2.45, 2.75) is 46.1 Å². The van der Waals surface area contributed by atoms with Crippen molar-refractivity contribution in [3.8, 4) is 0 Å². The normalized spacial score (nSPS) is 12.8. The molecule has 0 radical (unpaired) electrons. The SMILES string of the molecule is CC(C)(C)C(O)CNC(=O)CCCC(=O)c1ccc(Cl)cc1. The summed E-state index contributed by atoms with van der Waals surface area (Å²) in [6.07, 6.45) is 0.485. The van der Waals surface area contributed by atoms with Crippen LogP contribution in [0.4, 0.5) is 0 Å². The number of benzene rings is 1. The third-order valence-electron chi connectivity index (χ3n) is 3.47. The van der Waals surface area contributed by atoms with Crippen molar-refractivity contribution < 1.29 is 14.7 Å². The fourth-order valence-corrected chi connectivity index (χ4v) is 1.92. The molecule has 0 saturated heterocycles. The summed E-state index contributed by atoms with van der Waals surface area (Å²) >= 11 is 5.77. The van der Waals surface area contributed by atoms with E-state index in [-0.39, 0.29) is 30.1 Å². The predicted octanol–water partition coefficient (Wildman–Crippen LogP) is 3.22. The Bertz CT molecular complexity index is 506. The number of amides is 1. The van der Waals surface area contributed by atoms with Gasteiger partial charge in [0.05, 0.1) is 6.10 Å². The summed E-state index contributed by atoms with van der Waals surface area (Å²) in [5, 5.41) is 13.1. The van der Waals surface area contributed by atoms with Crippen LogP contribution in [0.3, 0.4) is 0 Å². The number of halogens is 1. The molecule has 122 valence electrons. The molecular formula is C17H24ClNO3. The van der Waals surface area contributed by atoms with Crippen molar-refractivity contribution in [1.29, 1.82) is 0 Å². The van der Waals surface area contributed by atoms with Crippen LogP contribution in [-0.2, 0) is 4.79 Å². The van der Waals surface area contributed by atoms with E-state index in [9.17, 15) is 14.7 Å². The molecule has 1 atom stereocenters. The number of aliphatic hydroxyl groups excluding tert-OH is 1. The minimum atomic E-state index is -0.591. The zero-order chi connectivity index (χ0) is 16.8. The number of aliphatic hydroxyl groups is 1. The largest absolute Gasteiger partial charge is 0.391 e. The molecule has 0 bridgehead atoms. The van der Waals surface area contributed by atoms with Crippen molar-refractivity contribution in [3.63, 3.8) is 0 Å². The zero-order valence-electron chi connectivity index (χ0n) is 13.4. The lowest BCUT2D eigenvalue weighted by atomic mass is 9.89. The maximum absolute atomic E-state index is 11.9. The van der Waals surface area contributed by atoms with Crippen LogP contribution in [-0.4, -0.2) is 29.4 Å². The molecule has 1 amide bonds. The van der Waals surface area contributed by atoms with Gasteiger partial charge in [-0.1, -0.05) is 32.4 Å². The summed E-state index contributed by atoms with van der Waals surface area (Å²) in [6.45, 7) is 5.96. The van der Waals surface area contributed by atoms with Crippen LogP contribution in [0.5, 0.6) is 0 Å². The maximum atomic E-state index is 11.9. The molecule has 0 aromatic heterocycles. The third kappa shape index (κ3) is 6.58. The monoisotopic (exact) mass is 325 g/mol. The second-order valence-electron chi connectivity index (χ2n) is 6.47. The Morgan fingerprint density at radius 1 is 1.18 bits per heavy atom. The predicted molar refractivity (Wildman–Crippen MR) is 88.1 cm³/mol. The van der Waals surface area contributed by atoms with Crippen molar-refractivity contribution in [2.24, 2.45) is 5.41 Å². The van der Waals surface area contributed by atoms with Gasteiger partial charge in [0, 0.05) is 30.0 Å². The van der Waals surface area contributed by atoms with Crippen LogP contribution >= 0.6 is 11.6 Å². The highest BCUT2D eigenvalue weighted by Gasteiger charge is 2.22. The van der Waals surface area contributed by atoms with Crippen molar-refractivity contribution >= 4 is 23.3 Å². The van der Waals surface area contributed by atoms with E-state index in [4.69, 9.17) is 11.6 Å². The van der Waals surface area contributed by atoms with Crippen molar-refractivity contribution in [3.05, 3.63) is 34.9 Å². The first-order valence-corrected chi connectivity index (χ1v) is 7.81. The second kappa shape index (κ2) is 8.30. The Morgan fingerprint density at radius 3 is 2.32 bits per heavy atom. The molecule has 0 aliphatic heterocycles. The summed E-state index contributed by atoms with van der Waals surface area (Å²) < 4.78 is 0.